The Morgan fingerprint density at radius 2 is 1.90 bits per heavy atom. The molecule has 0 atom stereocenters. The van der Waals surface area contributed by atoms with E-state index in [-0.39, 0.29) is 23.9 Å². The molecule has 0 radical (unpaired) electrons. The number of hydrogen-bond donors (Lipinski definition) is 2. The second-order valence-corrected chi connectivity index (χ2v) is 5.54. The third-order valence-corrected chi connectivity index (χ3v) is 3.75. The lowest BCUT2D eigenvalue weighted by Gasteiger charge is -2.37. The summed E-state index contributed by atoms with van der Waals surface area (Å²) in [5.74, 6) is 0.0335. The molecule has 0 bridgehead atoms. The van der Waals surface area contributed by atoms with Gasteiger partial charge in [0.1, 0.15) is 0 Å². The number of rotatable bonds is 10. The highest BCUT2D eigenvalue weighted by Crippen LogP contribution is 2.31. The molecular weight excluding hydrogens is 292 g/mol. The monoisotopic (exact) mass is 322 g/mol. The van der Waals surface area contributed by atoms with E-state index in [4.69, 9.17) is 9.47 Å². The van der Waals surface area contributed by atoms with E-state index >= 15 is 0 Å². The molecule has 0 aliphatic heterocycles. The van der Waals surface area contributed by atoms with Gasteiger partial charge in [-0.3, -0.25) is 4.79 Å². The van der Waals surface area contributed by atoms with Gasteiger partial charge in [0, 0.05) is 26.8 Å². The third kappa shape index (κ3) is 8.61. The highest BCUT2D eigenvalue weighted by molar-refractivity contribution is 5.85. The van der Waals surface area contributed by atoms with E-state index in [0.29, 0.717) is 26.2 Å². The van der Waals surface area contributed by atoms with Gasteiger partial charge in [0.2, 0.25) is 5.91 Å². The summed E-state index contributed by atoms with van der Waals surface area (Å²) in [5, 5.41) is 6.06. The lowest BCUT2D eigenvalue weighted by Crippen LogP contribution is -2.48. The van der Waals surface area contributed by atoms with Crippen LogP contribution in [0.2, 0.25) is 0 Å². The van der Waals surface area contributed by atoms with Gasteiger partial charge in [-0.1, -0.05) is 26.2 Å². The molecule has 1 saturated carbocycles. The van der Waals surface area contributed by atoms with E-state index in [0.717, 1.165) is 25.9 Å². The molecule has 1 aliphatic rings. The van der Waals surface area contributed by atoms with Crippen molar-refractivity contribution in [2.75, 3.05) is 40.0 Å². The Labute approximate surface area is 134 Å². The lowest BCUT2D eigenvalue weighted by atomic mass is 9.84. The molecule has 0 aromatic carbocycles. The maximum atomic E-state index is 11.8. The minimum atomic E-state index is -0.129. The highest BCUT2D eigenvalue weighted by Gasteiger charge is 2.33. The van der Waals surface area contributed by atoms with E-state index in [1.54, 1.807) is 7.11 Å². The van der Waals surface area contributed by atoms with Gasteiger partial charge in [-0.15, -0.1) is 12.4 Å². The summed E-state index contributed by atoms with van der Waals surface area (Å²) in [5.41, 5.74) is -0.129. The topological polar surface area (TPSA) is 59.6 Å². The van der Waals surface area contributed by atoms with Gasteiger partial charge in [-0.2, -0.15) is 0 Å². The molecule has 0 aromatic heterocycles. The molecule has 21 heavy (non-hydrogen) atoms. The van der Waals surface area contributed by atoms with Crippen LogP contribution in [0.15, 0.2) is 0 Å². The molecule has 1 amide bonds. The molecule has 126 valence electrons. The Morgan fingerprint density at radius 3 is 2.52 bits per heavy atom. The molecule has 1 rings (SSSR count). The Balaban J connectivity index is 0.00000400. The van der Waals surface area contributed by atoms with Gasteiger partial charge < -0.3 is 20.1 Å². The van der Waals surface area contributed by atoms with E-state index in [1.807, 2.05) is 0 Å². The van der Waals surface area contributed by atoms with Crippen molar-refractivity contribution in [2.24, 2.45) is 0 Å². The van der Waals surface area contributed by atoms with E-state index in [1.165, 1.54) is 19.3 Å². The van der Waals surface area contributed by atoms with Gasteiger partial charge in [-0.25, -0.2) is 0 Å². The molecule has 0 saturated heterocycles. The molecule has 6 heteroatoms. The van der Waals surface area contributed by atoms with Gasteiger partial charge in [0.15, 0.2) is 0 Å². The van der Waals surface area contributed by atoms with Crippen molar-refractivity contribution in [1.82, 2.24) is 10.6 Å². The second kappa shape index (κ2) is 12.2. The number of ether oxygens (including phenoxy) is 2. The predicted octanol–water partition coefficient (Wildman–Crippen LogP) is 1.89. The maximum Gasteiger partial charge on any atom is 0.234 e. The fraction of sp³-hybridized carbons (Fsp3) is 0.933. The summed E-state index contributed by atoms with van der Waals surface area (Å²) in [4.78, 5) is 11.8. The lowest BCUT2D eigenvalue weighted by molar-refractivity contribution is -0.123. The van der Waals surface area contributed by atoms with Crippen LogP contribution >= 0.6 is 12.4 Å². The Morgan fingerprint density at radius 1 is 1.19 bits per heavy atom. The Kier molecular flexibility index (Phi) is 12.0. The molecule has 2 N–H and O–H groups in total. The molecular formula is C15H31ClN2O3. The first-order valence-corrected chi connectivity index (χ1v) is 7.83. The van der Waals surface area contributed by atoms with Crippen LogP contribution in [-0.2, 0) is 14.3 Å². The van der Waals surface area contributed by atoms with E-state index in [2.05, 4.69) is 17.6 Å². The minimum Gasteiger partial charge on any atom is -0.383 e. The van der Waals surface area contributed by atoms with Gasteiger partial charge in [-0.05, 0) is 19.3 Å². The van der Waals surface area contributed by atoms with E-state index < -0.39 is 0 Å². The molecule has 0 aromatic rings. The first kappa shape index (κ1) is 20.6. The standard InChI is InChI=1S/C15H30N2O3.ClH/c1-3-10-20-15(7-5-4-6-8-15)13-17-14(18)12-16-9-11-19-2;/h16H,3-13H2,1-2H3,(H,17,18);1H. The average Bonchev–Trinajstić information content (AvgIpc) is 2.49. The summed E-state index contributed by atoms with van der Waals surface area (Å²) in [6.45, 7) is 5.19. The molecule has 5 nitrogen and oxygen atoms in total. The van der Waals surface area contributed by atoms with Crippen molar-refractivity contribution in [3.8, 4) is 0 Å². The predicted molar refractivity (Wildman–Crippen MR) is 87.1 cm³/mol. The number of halogens is 1. The number of carbonyl (C=O) groups is 1. The average molecular weight is 323 g/mol. The summed E-state index contributed by atoms with van der Waals surface area (Å²) in [6.07, 6.45) is 6.82. The van der Waals surface area contributed by atoms with Crippen molar-refractivity contribution in [3.63, 3.8) is 0 Å². The smallest absolute Gasteiger partial charge is 0.234 e. The van der Waals surface area contributed by atoms with Crippen LogP contribution in [0.25, 0.3) is 0 Å². The summed E-state index contributed by atoms with van der Waals surface area (Å²) < 4.78 is 11.0. The van der Waals surface area contributed by atoms with Crippen LogP contribution in [0.1, 0.15) is 45.4 Å². The fourth-order valence-corrected chi connectivity index (χ4v) is 2.59. The Hall–Kier alpha value is -0.360. The first-order valence-electron chi connectivity index (χ1n) is 7.83. The van der Waals surface area contributed by atoms with Crippen molar-refractivity contribution < 1.29 is 14.3 Å². The number of amides is 1. The first-order chi connectivity index (χ1) is 9.72. The van der Waals surface area contributed by atoms with Crippen LogP contribution in [0.3, 0.4) is 0 Å². The number of nitrogens with one attached hydrogen (secondary N) is 2. The van der Waals surface area contributed by atoms with Crippen molar-refractivity contribution in [1.29, 1.82) is 0 Å². The number of methoxy groups -OCH3 is 1. The summed E-state index contributed by atoms with van der Waals surface area (Å²) in [7, 11) is 1.65. The summed E-state index contributed by atoms with van der Waals surface area (Å²) in [6, 6.07) is 0. The van der Waals surface area contributed by atoms with Crippen molar-refractivity contribution in [3.05, 3.63) is 0 Å². The van der Waals surface area contributed by atoms with Crippen LogP contribution in [0, 0.1) is 0 Å². The zero-order chi connectivity index (χ0) is 14.7. The van der Waals surface area contributed by atoms with Crippen LogP contribution in [-0.4, -0.2) is 51.5 Å². The molecule has 0 spiro atoms. The molecule has 1 fully saturated rings. The second-order valence-electron chi connectivity index (χ2n) is 5.54. The largest absolute Gasteiger partial charge is 0.383 e. The number of carbonyl (C=O) groups excluding carboxylic acids is 1. The maximum absolute atomic E-state index is 11.8. The molecule has 1 aliphatic carbocycles. The van der Waals surface area contributed by atoms with Gasteiger partial charge in [0.05, 0.1) is 18.8 Å². The zero-order valence-corrected chi connectivity index (χ0v) is 14.2. The van der Waals surface area contributed by atoms with Crippen LogP contribution in [0.4, 0.5) is 0 Å². The fourth-order valence-electron chi connectivity index (χ4n) is 2.59. The minimum absolute atomic E-state index is 0. The normalized spacial score (nSPS) is 17.0. The van der Waals surface area contributed by atoms with E-state index in [9.17, 15) is 4.79 Å². The molecule has 0 unspecified atom stereocenters. The molecule has 0 heterocycles. The van der Waals surface area contributed by atoms with Gasteiger partial charge in [0.25, 0.3) is 0 Å². The SMILES string of the molecule is CCCOC1(CNC(=O)CNCCOC)CCCCC1.Cl. The number of hydrogen-bond acceptors (Lipinski definition) is 4. The van der Waals surface area contributed by atoms with Crippen molar-refractivity contribution >= 4 is 18.3 Å². The summed E-state index contributed by atoms with van der Waals surface area (Å²) >= 11 is 0. The zero-order valence-electron chi connectivity index (χ0n) is 13.4. The third-order valence-electron chi connectivity index (χ3n) is 3.75. The van der Waals surface area contributed by atoms with Gasteiger partial charge >= 0.3 is 0 Å². The quantitative estimate of drug-likeness (QED) is 0.603. The Bertz CT molecular complexity index is 272. The van der Waals surface area contributed by atoms with Crippen LogP contribution < -0.4 is 10.6 Å². The van der Waals surface area contributed by atoms with Crippen LogP contribution in [0.5, 0.6) is 0 Å². The van der Waals surface area contributed by atoms with Crippen molar-refractivity contribution in [2.45, 2.75) is 51.0 Å². The highest BCUT2D eigenvalue weighted by atomic mass is 35.5.